The van der Waals surface area contributed by atoms with E-state index in [1.165, 1.54) is 11.3 Å². The van der Waals surface area contributed by atoms with Crippen molar-refractivity contribution in [3.8, 4) is 0 Å². The Hall–Kier alpha value is -0.680. The van der Waals surface area contributed by atoms with Crippen LogP contribution in [0.2, 0.25) is 5.02 Å². The predicted molar refractivity (Wildman–Crippen MR) is 69.0 cm³/mol. The maximum absolute atomic E-state index is 13.5. The molecule has 0 aliphatic rings. The Morgan fingerprint density at radius 3 is 2.41 bits per heavy atom. The molecule has 0 saturated carbocycles. The van der Waals surface area contributed by atoms with Gasteiger partial charge in [0.15, 0.2) is 0 Å². The first-order chi connectivity index (χ1) is 7.61. The van der Waals surface area contributed by atoms with Crippen molar-refractivity contribution in [2.75, 3.05) is 0 Å². The van der Waals surface area contributed by atoms with Gasteiger partial charge in [-0.1, -0.05) is 17.7 Å². The molecular formula is C11H9Cl2F2NS. The Morgan fingerprint density at radius 2 is 1.82 bits per heavy atom. The van der Waals surface area contributed by atoms with E-state index in [4.69, 9.17) is 17.3 Å². The molecular weight excluding hydrogens is 287 g/mol. The third kappa shape index (κ3) is 2.77. The lowest BCUT2D eigenvalue weighted by molar-refractivity contribution is 0.578. The highest BCUT2D eigenvalue weighted by Gasteiger charge is 2.20. The SMILES string of the molecule is Cl.N[C@H](c1cccs1)c1c(F)ccc(F)c1Cl. The van der Waals surface area contributed by atoms with Crippen LogP contribution in [0.3, 0.4) is 0 Å². The third-order valence-corrected chi connectivity index (χ3v) is 3.58. The molecule has 92 valence electrons. The molecule has 0 saturated heterocycles. The van der Waals surface area contributed by atoms with Gasteiger partial charge in [0.2, 0.25) is 0 Å². The number of nitrogens with two attached hydrogens (primary N) is 1. The molecule has 1 atom stereocenters. The molecule has 0 bridgehead atoms. The summed E-state index contributed by atoms with van der Waals surface area (Å²) < 4.78 is 26.8. The maximum atomic E-state index is 13.5. The minimum Gasteiger partial charge on any atom is -0.319 e. The molecule has 0 aliphatic heterocycles. The van der Waals surface area contributed by atoms with E-state index in [-0.39, 0.29) is 23.0 Å². The van der Waals surface area contributed by atoms with Gasteiger partial charge < -0.3 is 5.73 Å². The molecule has 2 rings (SSSR count). The largest absolute Gasteiger partial charge is 0.319 e. The van der Waals surface area contributed by atoms with Gasteiger partial charge in [-0.3, -0.25) is 0 Å². The molecule has 0 amide bonds. The average molecular weight is 296 g/mol. The normalized spacial score (nSPS) is 12.0. The van der Waals surface area contributed by atoms with Crippen molar-refractivity contribution in [3.63, 3.8) is 0 Å². The van der Waals surface area contributed by atoms with Gasteiger partial charge in [0.25, 0.3) is 0 Å². The molecule has 2 N–H and O–H groups in total. The fourth-order valence-electron chi connectivity index (χ4n) is 1.44. The van der Waals surface area contributed by atoms with Crippen LogP contribution in [0.4, 0.5) is 8.78 Å². The number of hydrogen-bond donors (Lipinski definition) is 1. The highest BCUT2D eigenvalue weighted by atomic mass is 35.5. The fraction of sp³-hybridized carbons (Fsp3) is 0.0909. The Balaban J connectivity index is 0.00000144. The van der Waals surface area contributed by atoms with Crippen LogP contribution in [0.15, 0.2) is 29.6 Å². The second-order valence-corrected chi connectivity index (χ2v) is 4.61. The second kappa shape index (κ2) is 5.78. The highest BCUT2D eigenvalue weighted by Crippen LogP contribution is 2.32. The van der Waals surface area contributed by atoms with E-state index >= 15 is 0 Å². The molecule has 1 heterocycles. The molecule has 1 aromatic heterocycles. The van der Waals surface area contributed by atoms with Crippen LogP contribution in [-0.4, -0.2) is 0 Å². The van der Waals surface area contributed by atoms with Crippen molar-refractivity contribution < 1.29 is 8.78 Å². The molecule has 6 heteroatoms. The topological polar surface area (TPSA) is 26.0 Å². The molecule has 0 aliphatic carbocycles. The fourth-order valence-corrected chi connectivity index (χ4v) is 2.45. The summed E-state index contributed by atoms with van der Waals surface area (Å²) in [4.78, 5) is 0.742. The van der Waals surface area contributed by atoms with Gasteiger partial charge in [0.05, 0.1) is 11.1 Å². The lowest BCUT2D eigenvalue weighted by atomic mass is 10.1. The summed E-state index contributed by atoms with van der Waals surface area (Å²) in [6.45, 7) is 0. The summed E-state index contributed by atoms with van der Waals surface area (Å²) in [7, 11) is 0. The van der Waals surface area contributed by atoms with E-state index in [1.54, 1.807) is 12.1 Å². The van der Waals surface area contributed by atoms with Crippen LogP contribution in [0.5, 0.6) is 0 Å². The molecule has 0 spiro atoms. The number of benzene rings is 1. The number of hydrogen-bond acceptors (Lipinski definition) is 2. The lowest BCUT2D eigenvalue weighted by Gasteiger charge is -2.13. The Labute approximate surface area is 113 Å². The van der Waals surface area contributed by atoms with Crippen molar-refractivity contribution in [2.45, 2.75) is 6.04 Å². The van der Waals surface area contributed by atoms with Gasteiger partial charge >= 0.3 is 0 Å². The van der Waals surface area contributed by atoms with E-state index in [2.05, 4.69) is 0 Å². The summed E-state index contributed by atoms with van der Waals surface area (Å²) in [5.41, 5.74) is 5.85. The monoisotopic (exact) mass is 295 g/mol. The summed E-state index contributed by atoms with van der Waals surface area (Å²) in [5.74, 6) is -1.25. The van der Waals surface area contributed by atoms with E-state index in [0.29, 0.717) is 0 Å². The van der Waals surface area contributed by atoms with Crippen LogP contribution in [0.25, 0.3) is 0 Å². The van der Waals surface area contributed by atoms with Crippen molar-refractivity contribution >= 4 is 35.3 Å². The highest BCUT2D eigenvalue weighted by molar-refractivity contribution is 7.10. The molecule has 1 nitrogen and oxygen atoms in total. The first-order valence-corrected chi connectivity index (χ1v) is 5.79. The van der Waals surface area contributed by atoms with Gasteiger partial charge in [-0.15, -0.1) is 23.7 Å². The standard InChI is InChI=1S/C11H8ClF2NS.ClH/c12-10-7(14)4-3-6(13)9(10)11(15)8-2-1-5-16-8;/h1-5,11H,15H2;1H/t11-;/m1./s1. The zero-order valence-electron chi connectivity index (χ0n) is 8.49. The maximum Gasteiger partial charge on any atom is 0.142 e. The van der Waals surface area contributed by atoms with Gasteiger partial charge in [-0.25, -0.2) is 8.78 Å². The Bertz CT molecular complexity index is 502. The zero-order chi connectivity index (χ0) is 11.7. The quantitative estimate of drug-likeness (QED) is 0.828. The Kier molecular flexibility index (Phi) is 4.89. The summed E-state index contributed by atoms with van der Waals surface area (Å²) in [6.07, 6.45) is 0. The molecule has 0 fully saturated rings. The van der Waals surface area contributed by atoms with Crippen molar-refractivity contribution in [1.82, 2.24) is 0 Å². The van der Waals surface area contributed by atoms with Gasteiger partial charge in [0.1, 0.15) is 11.6 Å². The first kappa shape index (κ1) is 14.4. The van der Waals surface area contributed by atoms with Gasteiger partial charge in [-0.2, -0.15) is 0 Å². The van der Waals surface area contributed by atoms with Crippen LogP contribution in [-0.2, 0) is 0 Å². The van der Waals surface area contributed by atoms with E-state index < -0.39 is 17.7 Å². The molecule has 1 aromatic carbocycles. The van der Waals surface area contributed by atoms with E-state index in [1.807, 2.05) is 5.38 Å². The van der Waals surface area contributed by atoms with E-state index in [0.717, 1.165) is 17.0 Å². The lowest BCUT2D eigenvalue weighted by Crippen LogP contribution is -2.13. The van der Waals surface area contributed by atoms with Crippen LogP contribution >= 0.6 is 35.3 Å². The smallest absolute Gasteiger partial charge is 0.142 e. The summed E-state index contributed by atoms with van der Waals surface area (Å²) >= 11 is 7.10. The van der Waals surface area contributed by atoms with E-state index in [9.17, 15) is 8.78 Å². The van der Waals surface area contributed by atoms with Crippen LogP contribution in [0, 0.1) is 11.6 Å². The second-order valence-electron chi connectivity index (χ2n) is 3.25. The minimum atomic E-state index is -0.733. The predicted octanol–water partition coefficient (Wildman–Crippen LogP) is 4.15. The molecule has 0 unspecified atom stereocenters. The summed E-state index contributed by atoms with van der Waals surface area (Å²) in [5, 5.41) is 1.57. The average Bonchev–Trinajstić information content (AvgIpc) is 2.77. The number of thiophene rings is 1. The number of rotatable bonds is 2. The van der Waals surface area contributed by atoms with Gasteiger partial charge in [-0.05, 0) is 23.6 Å². The minimum absolute atomic E-state index is 0. The van der Waals surface area contributed by atoms with Crippen molar-refractivity contribution in [3.05, 3.63) is 56.7 Å². The molecule has 2 aromatic rings. The molecule has 0 radical (unpaired) electrons. The van der Waals surface area contributed by atoms with Gasteiger partial charge in [0, 0.05) is 10.4 Å². The third-order valence-electron chi connectivity index (χ3n) is 2.24. The number of halogens is 4. The van der Waals surface area contributed by atoms with Crippen molar-refractivity contribution in [2.24, 2.45) is 5.73 Å². The Morgan fingerprint density at radius 1 is 1.18 bits per heavy atom. The zero-order valence-corrected chi connectivity index (χ0v) is 10.9. The summed E-state index contributed by atoms with van der Waals surface area (Å²) in [6, 6.07) is 4.84. The first-order valence-electron chi connectivity index (χ1n) is 4.53. The van der Waals surface area contributed by atoms with Crippen molar-refractivity contribution in [1.29, 1.82) is 0 Å². The molecule has 17 heavy (non-hydrogen) atoms. The van der Waals surface area contributed by atoms with Crippen LogP contribution in [0.1, 0.15) is 16.5 Å². The van der Waals surface area contributed by atoms with Crippen LogP contribution < -0.4 is 5.73 Å².